The van der Waals surface area contributed by atoms with Crippen molar-refractivity contribution in [3.8, 4) is 0 Å². The van der Waals surface area contributed by atoms with Crippen LogP contribution in [0.15, 0.2) is 24.5 Å². The standard InChI is InChI=1S/C16H18N6O/c1-9(2)12-8-11(13-10(3)21-22(4)14(13)19-12)15(23)20-16-17-6-5-7-18-16/h5-9H,1-4H3,(H,17,18,20,23). The number of carbonyl (C=O) groups is 1. The van der Waals surface area contributed by atoms with E-state index < -0.39 is 0 Å². The van der Waals surface area contributed by atoms with E-state index in [9.17, 15) is 4.79 Å². The zero-order valence-corrected chi connectivity index (χ0v) is 13.5. The molecule has 0 atom stereocenters. The van der Waals surface area contributed by atoms with Crippen LogP contribution in [0.4, 0.5) is 5.95 Å². The Labute approximate surface area is 133 Å². The van der Waals surface area contributed by atoms with Crippen LogP contribution in [0.1, 0.15) is 41.5 Å². The third kappa shape index (κ3) is 2.77. The van der Waals surface area contributed by atoms with E-state index in [1.165, 1.54) is 0 Å². The molecule has 0 aliphatic carbocycles. The number of pyridine rings is 1. The van der Waals surface area contributed by atoms with Crippen molar-refractivity contribution in [1.29, 1.82) is 0 Å². The number of hydrogen-bond donors (Lipinski definition) is 1. The Kier molecular flexibility index (Phi) is 3.77. The number of nitrogens with one attached hydrogen (secondary N) is 1. The Balaban J connectivity index is 2.13. The van der Waals surface area contributed by atoms with Crippen LogP contribution in [0, 0.1) is 6.92 Å². The van der Waals surface area contributed by atoms with Crippen LogP contribution in [0.3, 0.4) is 0 Å². The number of anilines is 1. The molecule has 0 aromatic carbocycles. The summed E-state index contributed by atoms with van der Waals surface area (Å²) in [5, 5.41) is 7.87. The Hall–Kier alpha value is -2.83. The third-order valence-electron chi connectivity index (χ3n) is 3.62. The van der Waals surface area contributed by atoms with Crippen LogP contribution in [-0.4, -0.2) is 30.6 Å². The van der Waals surface area contributed by atoms with Gasteiger partial charge in [-0.15, -0.1) is 0 Å². The Morgan fingerprint density at radius 3 is 2.61 bits per heavy atom. The molecule has 3 aromatic rings. The fourth-order valence-corrected chi connectivity index (χ4v) is 2.47. The van der Waals surface area contributed by atoms with Gasteiger partial charge < -0.3 is 0 Å². The molecule has 0 saturated carbocycles. The lowest BCUT2D eigenvalue weighted by atomic mass is 10.0. The average Bonchev–Trinajstić information content (AvgIpc) is 2.82. The largest absolute Gasteiger partial charge is 0.290 e. The number of nitrogens with zero attached hydrogens (tertiary/aromatic N) is 5. The van der Waals surface area contributed by atoms with Crippen LogP contribution >= 0.6 is 0 Å². The number of aryl methyl sites for hydroxylation is 2. The Bertz CT molecular complexity index is 869. The lowest BCUT2D eigenvalue weighted by molar-refractivity contribution is 0.102. The van der Waals surface area contributed by atoms with Gasteiger partial charge >= 0.3 is 0 Å². The second-order valence-electron chi connectivity index (χ2n) is 5.68. The zero-order valence-electron chi connectivity index (χ0n) is 13.5. The van der Waals surface area contributed by atoms with Crippen molar-refractivity contribution in [3.05, 3.63) is 41.5 Å². The molecule has 3 aromatic heterocycles. The summed E-state index contributed by atoms with van der Waals surface area (Å²) in [6, 6.07) is 3.52. The number of amides is 1. The molecule has 0 radical (unpaired) electrons. The minimum atomic E-state index is -0.262. The molecule has 7 nitrogen and oxygen atoms in total. The number of fused-ring (bicyclic) bond motifs is 1. The van der Waals surface area contributed by atoms with Crippen molar-refractivity contribution in [2.45, 2.75) is 26.7 Å². The first-order chi connectivity index (χ1) is 11.0. The van der Waals surface area contributed by atoms with Gasteiger partial charge in [0.05, 0.1) is 16.6 Å². The molecule has 0 saturated heterocycles. The van der Waals surface area contributed by atoms with Gasteiger partial charge in [0.2, 0.25) is 5.95 Å². The van der Waals surface area contributed by atoms with E-state index in [0.29, 0.717) is 11.2 Å². The Morgan fingerprint density at radius 1 is 1.26 bits per heavy atom. The summed E-state index contributed by atoms with van der Waals surface area (Å²) in [4.78, 5) is 25.4. The maximum atomic E-state index is 12.7. The topological polar surface area (TPSA) is 85.6 Å². The first kappa shape index (κ1) is 15.1. The molecule has 118 valence electrons. The van der Waals surface area contributed by atoms with E-state index in [4.69, 9.17) is 0 Å². The van der Waals surface area contributed by atoms with Crippen molar-refractivity contribution < 1.29 is 4.79 Å². The summed E-state index contributed by atoms with van der Waals surface area (Å²) in [6.45, 7) is 5.95. The van der Waals surface area contributed by atoms with Crippen molar-refractivity contribution in [2.24, 2.45) is 7.05 Å². The number of carbonyl (C=O) groups excluding carboxylic acids is 1. The van der Waals surface area contributed by atoms with Gasteiger partial charge in [-0.05, 0) is 25.0 Å². The average molecular weight is 310 g/mol. The molecule has 0 aliphatic rings. The fraction of sp³-hybridized carbons (Fsp3) is 0.312. The van der Waals surface area contributed by atoms with Gasteiger partial charge in [-0.1, -0.05) is 13.8 Å². The molecular weight excluding hydrogens is 292 g/mol. The molecule has 0 spiro atoms. The highest BCUT2D eigenvalue weighted by Crippen LogP contribution is 2.25. The lowest BCUT2D eigenvalue weighted by Crippen LogP contribution is -2.15. The van der Waals surface area contributed by atoms with E-state index in [1.54, 1.807) is 23.1 Å². The summed E-state index contributed by atoms with van der Waals surface area (Å²) in [6.07, 6.45) is 3.17. The maximum Gasteiger partial charge on any atom is 0.258 e. The van der Waals surface area contributed by atoms with Gasteiger partial charge in [0.15, 0.2) is 5.65 Å². The van der Waals surface area contributed by atoms with Crippen LogP contribution in [0.25, 0.3) is 11.0 Å². The number of hydrogen-bond acceptors (Lipinski definition) is 5. The van der Waals surface area contributed by atoms with Gasteiger partial charge in [0.25, 0.3) is 5.91 Å². The van der Waals surface area contributed by atoms with Crippen LogP contribution in [-0.2, 0) is 7.05 Å². The predicted octanol–water partition coefficient (Wildman–Crippen LogP) is 2.44. The van der Waals surface area contributed by atoms with Crippen LogP contribution < -0.4 is 5.32 Å². The highest BCUT2D eigenvalue weighted by Gasteiger charge is 2.20. The number of rotatable bonds is 3. The minimum Gasteiger partial charge on any atom is -0.290 e. The summed E-state index contributed by atoms with van der Waals surface area (Å²) in [5.41, 5.74) is 2.86. The SMILES string of the molecule is Cc1nn(C)c2nc(C(C)C)cc(C(=O)Nc3ncccn3)c12. The third-order valence-corrected chi connectivity index (χ3v) is 3.62. The monoisotopic (exact) mass is 310 g/mol. The lowest BCUT2D eigenvalue weighted by Gasteiger charge is -2.10. The summed E-state index contributed by atoms with van der Waals surface area (Å²) in [7, 11) is 1.83. The van der Waals surface area contributed by atoms with Gasteiger partial charge in [0, 0.05) is 25.1 Å². The van der Waals surface area contributed by atoms with Crippen LogP contribution in [0.5, 0.6) is 0 Å². The van der Waals surface area contributed by atoms with Gasteiger partial charge in [-0.2, -0.15) is 5.10 Å². The minimum absolute atomic E-state index is 0.203. The van der Waals surface area contributed by atoms with Crippen LogP contribution in [0.2, 0.25) is 0 Å². The normalized spacial score (nSPS) is 11.2. The summed E-state index contributed by atoms with van der Waals surface area (Å²) < 4.78 is 1.70. The van der Waals surface area contributed by atoms with E-state index in [1.807, 2.05) is 33.9 Å². The molecule has 23 heavy (non-hydrogen) atoms. The second kappa shape index (κ2) is 5.75. The number of aromatic nitrogens is 5. The first-order valence-electron chi connectivity index (χ1n) is 7.40. The fourth-order valence-electron chi connectivity index (χ4n) is 2.47. The first-order valence-corrected chi connectivity index (χ1v) is 7.40. The summed E-state index contributed by atoms with van der Waals surface area (Å²) >= 11 is 0. The molecule has 1 amide bonds. The van der Waals surface area contributed by atoms with Crippen molar-refractivity contribution in [2.75, 3.05) is 5.32 Å². The highest BCUT2D eigenvalue weighted by molar-refractivity contribution is 6.12. The molecular formula is C16H18N6O. The van der Waals surface area contributed by atoms with Crippen molar-refractivity contribution in [1.82, 2.24) is 24.7 Å². The van der Waals surface area contributed by atoms with E-state index >= 15 is 0 Å². The van der Waals surface area contributed by atoms with Gasteiger partial charge in [0.1, 0.15) is 0 Å². The molecule has 0 bridgehead atoms. The summed E-state index contributed by atoms with van der Waals surface area (Å²) in [5.74, 6) is 0.214. The van der Waals surface area contributed by atoms with Gasteiger partial charge in [-0.25, -0.2) is 15.0 Å². The molecule has 0 fully saturated rings. The molecule has 3 heterocycles. The smallest absolute Gasteiger partial charge is 0.258 e. The highest BCUT2D eigenvalue weighted by atomic mass is 16.1. The van der Waals surface area contributed by atoms with Gasteiger partial charge in [-0.3, -0.25) is 14.8 Å². The maximum absolute atomic E-state index is 12.7. The molecule has 0 aliphatic heterocycles. The van der Waals surface area contributed by atoms with Crippen molar-refractivity contribution >= 4 is 22.9 Å². The molecule has 0 unspecified atom stereocenters. The second-order valence-corrected chi connectivity index (χ2v) is 5.68. The van der Waals surface area contributed by atoms with Crippen molar-refractivity contribution in [3.63, 3.8) is 0 Å². The quantitative estimate of drug-likeness (QED) is 0.803. The predicted molar refractivity (Wildman–Crippen MR) is 87.3 cm³/mol. The molecule has 3 rings (SSSR count). The molecule has 1 N–H and O–H groups in total. The van der Waals surface area contributed by atoms with E-state index in [0.717, 1.165) is 16.8 Å². The molecule has 7 heteroatoms. The van der Waals surface area contributed by atoms with E-state index in [-0.39, 0.29) is 17.8 Å². The zero-order chi connectivity index (χ0) is 16.6. The Morgan fingerprint density at radius 2 is 1.96 bits per heavy atom. The van der Waals surface area contributed by atoms with E-state index in [2.05, 4.69) is 25.4 Å².